The van der Waals surface area contributed by atoms with Crippen LogP contribution in [-0.4, -0.2) is 19.0 Å². The number of rotatable bonds is 6. The molecule has 0 unspecified atom stereocenters. The Morgan fingerprint density at radius 3 is 2.40 bits per heavy atom. The van der Waals surface area contributed by atoms with E-state index in [9.17, 15) is 9.18 Å². The Labute approximate surface area is 117 Å². The SMILES string of the molecule is CC(=O)c1c(F)cccc1OCCOc1ccccc1. The zero-order chi connectivity index (χ0) is 14.4. The van der Waals surface area contributed by atoms with Crippen LogP contribution in [-0.2, 0) is 0 Å². The number of ketones is 1. The van der Waals surface area contributed by atoms with Gasteiger partial charge in [-0.2, -0.15) is 0 Å². The van der Waals surface area contributed by atoms with Gasteiger partial charge in [0.05, 0.1) is 5.56 Å². The van der Waals surface area contributed by atoms with Crippen LogP contribution >= 0.6 is 0 Å². The van der Waals surface area contributed by atoms with Crippen molar-refractivity contribution in [2.75, 3.05) is 13.2 Å². The van der Waals surface area contributed by atoms with Crippen molar-refractivity contribution in [3.05, 3.63) is 59.9 Å². The molecule has 0 heterocycles. The van der Waals surface area contributed by atoms with E-state index >= 15 is 0 Å². The summed E-state index contributed by atoms with van der Waals surface area (Å²) in [4.78, 5) is 11.4. The summed E-state index contributed by atoms with van der Waals surface area (Å²) >= 11 is 0. The largest absolute Gasteiger partial charge is 0.490 e. The fourth-order valence-corrected chi connectivity index (χ4v) is 1.79. The number of halogens is 1. The minimum atomic E-state index is -0.570. The molecule has 0 saturated heterocycles. The molecule has 2 aromatic rings. The first-order valence-electron chi connectivity index (χ1n) is 6.28. The van der Waals surface area contributed by atoms with Gasteiger partial charge in [-0.15, -0.1) is 0 Å². The summed E-state index contributed by atoms with van der Waals surface area (Å²) in [5.74, 6) is 0.0531. The third kappa shape index (κ3) is 3.57. The molecule has 0 bridgehead atoms. The number of carbonyl (C=O) groups excluding carboxylic acids is 1. The smallest absolute Gasteiger partial charge is 0.166 e. The number of Topliss-reactive ketones (excluding diaryl/α,β-unsaturated/α-hetero) is 1. The third-order valence-corrected chi connectivity index (χ3v) is 2.68. The molecule has 0 atom stereocenters. The van der Waals surface area contributed by atoms with Crippen LogP contribution < -0.4 is 9.47 Å². The van der Waals surface area contributed by atoms with E-state index in [1.165, 1.54) is 19.1 Å². The maximum atomic E-state index is 13.5. The van der Waals surface area contributed by atoms with E-state index in [1.54, 1.807) is 6.07 Å². The van der Waals surface area contributed by atoms with Crippen molar-refractivity contribution in [1.82, 2.24) is 0 Å². The van der Waals surface area contributed by atoms with E-state index in [2.05, 4.69) is 0 Å². The first-order chi connectivity index (χ1) is 9.68. The van der Waals surface area contributed by atoms with E-state index < -0.39 is 5.82 Å². The number of benzene rings is 2. The van der Waals surface area contributed by atoms with E-state index in [1.807, 2.05) is 30.3 Å². The van der Waals surface area contributed by atoms with Crippen molar-refractivity contribution in [2.24, 2.45) is 0 Å². The van der Waals surface area contributed by atoms with Crippen molar-refractivity contribution in [3.63, 3.8) is 0 Å². The lowest BCUT2D eigenvalue weighted by Gasteiger charge is -2.11. The van der Waals surface area contributed by atoms with Crippen LogP contribution in [0.5, 0.6) is 11.5 Å². The molecule has 104 valence electrons. The average Bonchev–Trinajstić information content (AvgIpc) is 2.44. The second kappa shape index (κ2) is 6.70. The molecule has 2 aromatic carbocycles. The number of hydrogen-bond donors (Lipinski definition) is 0. The highest BCUT2D eigenvalue weighted by molar-refractivity contribution is 5.97. The molecule has 2 rings (SSSR count). The summed E-state index contributed by atoms with van der Waals surface area (Å²) in [6.45, 7) is 1.86. The monoisotopic (exact) mass is 274 g/mol. The topological polar surface area (TPSA) is 35.5 Å². The van der Waals surface area contributed by atoms with E-state index in [-0.39, 0.29) is 23.7 Å². The molecule has 20 heavy (non-hydrogen) atoms. The van der Waals surface area contributed by atoms with Gasteiger partial charge in [-0.3, -0.25) is 4.79 Å². The molecule has 0 aliphatic rings. The second-order valence-corrected chi connectivity index (χ2v) is 4.18. The molecule has 0 saturated carbocycles. The molecule has 0 aromatic heterocycles. The van der Waals surface area contributed by atoms with E-state index in [4.69, 9.17) is 9.47 Å². The highest BCUT2D eigenvalue weighted by atomic mass is 19.1. The number of carbonyl (C=O) groups is 1. The van der Waals surface area contributed by atoms with Crippen LogP contribution in [0.1, 0.15) is 17.3 Å². The van der Waals surface area contributed by atoms with Crippen molar-refractivity contribution in [3.8, 4) is 11.5 Å². The third-order valence-electron chi connectivity index (χ3n) is 2.68. The molecule has 0 N–H and O–H groups in total. The molecule has 0 aliphatic heterocycles. The van der Waals surface area contributed by atoms with Gasteiger partial charge in [0.2, 0.25) is 0 Å². The van der Waals surface area contributed by atoms with Crippen molar-refractivity contribution in [2.45, 2.75) is 6.92 Å². The predicted octanol–water partition coefficient (Wildman–Crippen LogP) is 3.49. The molecule has 0 spiro atoms. The molecule has 0 fully saturated rings. The van der Waals surface area contributed by atoms with Gasteiger partial charge in [-0.05, 0) is 31.2 Å². The lowest BCUT2D eigenvalue weighted by Crippen LogP contribution is -2.11. The van der Waals surface area contributed by atoms with Gasteiger partial charge in [0.1, 0.15) is 30.5 Å². The first kappa shape index (κ1) is 14.1. The maximum absolute atomic E-state index is 13.5. The number of hydrogen-bond acceptors (Lipinski definition) is 3. The fourth-order valence-electron chi connectivity index (χ4n) is 1.79. The Bertz CT molecular complexity index is 582. The van der Waals surface area contributed by atoms with Gasteiger partial charge in [-0.1, -0.05) is 24.3 Å². The van der Waals surface area contributed by atoms with Crippen LogP contribution in [0.3, 0.4) is 0 Å². The zero-order valence-electron chi connectivity index (χ0n) is 11.1. The Hall–Kier alpha value is -2.36. The van der Waals surface area contributed by atoms with E-state index in [0.29, 0.717) is 6.61 Å². The molecule has 3 nitrogen and oxygen atoms in total. The van der Waals surface area contributed by atoms with Gasteiger partial charge in [0, 0.05) is 0 Å². The summed E-state index contributed by atoms with van der Waals surface area (Å²) in [5, 5.41) is 0. The van der Waals surface area contributed by atoms with Crippen LogP contribution in [0.15, 0.2) is 48.5 Å². The maximum Gasteiger partial charge on any atom is 0.166 e. The van der Waals surface area contributed by atoms with Crippen molar-refractivity contribution >= 4 is 5.78 Å². The first-order valence-corrected chi connectivity index (χ1v) is 6.28. The van der Waals surface area contributed by atoms with Crippen LogP contribution in [0.4, 0.5) is 4.39 Å². The minimum absolute atomic E-state index is 0.0211. The van der Waals surface area contributed by atoms with Crippen molar-refractivity contribution in [1.29, 1.82) is 0 Å². The van der Waals surface area contributed by atoms with Crippen LogP contribution in [0.25, 0.3) is 0 Å². The van der Waals surface area contributed by atoms with Gasteiger partial charge in [0.15, 0.2) is 5.78 Å². The summed E-state index contributed by atoms with van der Waals surface area (Å²) < 4.78 is 24.4. The van der Waals surface area contributed by atoms with Gasteiger partial charge >= 0.3 is 0 Å². The van der Waals surface area contributed by atoms with Gasteiger partial charge < -0.3 is 9.47 Å². The molecular weight excluding hydrogens is 259 g/mol. The minimum Gasteiger partial charge on any atom is -0.490 e. The summed E-state index contributed by atoms with van der Waals surface area (Å²) in [6.07, 6.45) is 0. The molecule has 0 radical (unpaired) electrons. The summed E-state index contributed by atoms with van der Waals surface area (Å²) in [5.41, 5.74) is -0.0211. The van der Waals surface area contributed by atoms with E-state index in [0.717, 1.165) is 5.75 Å². The van der Waals surface area contributed by atoms with Crippen molar-refractivity contribution < 1.29 is 18.7 Å². The zero-order valence-corrected chi connectivity index (χ0v) is 11.1. The molecule has 0 amide bonds. The van der Waals surface area contributed by atoms with Gasteiger partial charge in [0.25, 0.3) is 0 Å². The summed E-state index contributed by atoms with van der Waals surface area (Å²) in [6, 6.07) is 13.6. The summed E-state index contributed by atoms with van der Waals surface area (Å²) in [7, 11) is 0. The Balaban J connectivity index is 1.92. The lowest BCUT2D eigenvalue weighted by molar-refractivity contribution is 0.100. The van der Waals surface area contributed by atoms with Crippen LogP contribution in [0.2, 0.25) is 0 Å². The average molecular weight is 274 g/mol. The highest BCUT2D eigenvalue weighted by Gasteiger charge is 2.13. The number of ether oxygens (including phenoxy) is 2. The molecular formula is C16H15FO3. The number of para-hydroxylation sites is 1. The predicted molar refractivity (Wildman–Crippen MR) is 73.8 cm³/mol. The van der Waals surface area contributed by atoms with Gasteiger partial charge in [-0.25, -0.2) is 4.39 Å². The standard InChI is InChI=1S/C16H15FO3/c1-12(18)16-14(17)8-5-9-15(16)20-11-10-19-13-6-3-2-4-7-13/h2-9H,10-11H2,1H3. The normalized spacial score (nSPS) is 10.1. The molecule has 0 aliphatic carbocycles. The molecule has 4 heteroatoms. The van der Waals surface area contributed by atoms with Crippen LogP contribution in [0, 0.1) is 5.82 Å². The Kier molecular flexibility index (Phi) is 4.71. The highest BCUT2D eigenvalue weighted by Crippen LogP contribution is 2.22. The second-order valence-electron chi connectivity index (χ2n) is 4.18. The fraction of sp³-hybridized carbons (Fsp3) is 0.188. The Morgan fingerprint density at radius 2 is 1.70 bits per heavy atom. The quantitative estimate of drug-likeness (QED) is 0.597. The Morgan fingerprint density at radius 1 is 1.00 bits per heavy atom. The lowest BCUT2D eigenvalue weighted by atomic mass is 10.1.